The molecule has 2 atom stereocenters. The molecule has 0 N–H and O–H groups in total. The molecule has 30 heavy (non-hydrogen) atoms. The van der Waals surface area contributed by atoms with Gasteiger partial charge in [0.15, 0.2) is 0 Å². The quantitative estimate of drug-likeness (QED) is 0.604. The smallest absolute Gasteiger partial charge is 0.234 e. The molecule has 7 rings (SSSR count). The van der Waals surface area contributed by atoms with Crippen molar-refractivity contribution >= 4 is 11.8 Å². The number of nitrogens with zero attached hydrogens (tertiary/aromatic N) is 1. The maximum atomic E-state index is 13.8. The van der Waals surface area contributed by atoms with E-state index in [9.17, 15) is 9.59 Å². The third-order valence-electron chi connectivity index (χ3n) is 7.92. The number of hydrogen-bond acceptors (Lipinski definition) is 2. The summed E-state index contributed by atoms with van der Waals surface area (Å²) >= 11 is 0. The van der Waals surface area contributed by atoms with Crippen LogP contribution in [0.15, 0.2) is 78.9 Å². The molecule has 1 saturated heterocycles. The van der Waals surface area contributed by atoms with Gasteiger partial charge in [-0.2, -0.15) is 0 Å². The Bertz CT molecular complexity index is 1090. The zero-order valence-corrected chi connectivity index (χ0v) is 17.1. The predicted molar refractivity (Wildman–Crippen MR) is 115 cm³/mol. The van der Waals surface area contributed by atoms with Gasteiger partial charge in [-0.1, -0.05) is 92.7 Å². The van der Waals surface area contributed by atoms with Gasteiger partial charge in [-0.25, -0.2) is 0 Å². The summed E-state index contributed by atoms with van der Waals surface area (Å²) in [6.07, 6.45) is 0. The first-order valence-corrected chi connectivity index (χ1v) is 10.6. The van der Waals surface area contributed by atoms with Gasteiger partial charge in [0.25, 0.3) is 0 Å². The third kappa shape index (κ3) is 1.86. The highest BCUT2D eigenvalue weighted by molar-refractivity contribution is 6.08. The van der Waals surface area contributed by atoms with Crippen LogP contribution in [0.5, 0.6) is 0 Å². The molecule has 148 valence electrons. The molecular formula is C27H23NO2. The van der Waals surface area contributed by atoms with Gasteiger partial charge in [-0.05, 0) is 27.8 Å². The number of carbonyl (C=O) groups excluding carboxylic acids is 2. The van der Waals surface area contributed by atoms with E-state index < -0.39 is 10.8 Å². The first kappa shape index (κ1) is 17.6. The lowest BCUT2D eigenvalue weighted by atomic mass is 9.42. The summed E-state index contributed by atoms with van der Waals surface area (Å²) in [5, 5.41) is 0. The summed E-state index contributed by atoms with van der Waals surface area (Å²) in [7, 11) is 0. The fourth-order valence-corrected chi connectivity index (χ4v) is 6.55. The second-order valence-electron chi connectivity index (χ2n) is 9.20. The number of amides is 2. The van der Waals surface area contributed by atoms with Crippen LogP contribution in [0.2, 0.25) is 0 Å². The van der Waals surface area contributed by atoms with Crippen LogP contribution in [0.25, 0.3) is 0 Å². The molecule has 1 fully saturated rings. The van der Waals surface area contributed by atoms with Crippen molar-refractivity contribution in [2.24, 2.45) is 11.8 Å². The molecule has 2 bridgehead atoms. The van der Waals surface area contributed by atoms with Crippen LogP contribution >= 0.6 is 0 Å². The minimum absolute atomic E-state index is 0.0356. The second-order valence-corrected chi connectivity index (χ2v) is 9.20. The first-order chi connectivity index (χ1) is 14.5. The SMILES string of the molecule is CC12c3ccccc3C(C)(c3ccccc31)[C@H]1C(=O)N(Cc3ccccc3)C(=O)[C@H]12. The highest BCUT2D eigenvalue weighted by Crippen LogP contribution is 2.66. The van der Waals surface area contributed by atoms with E-state index in [2.05, 4.69) is 62.4 Å². The van der Waals surface area contributed by atoms with Crippen LogP contribution in [-0.2, 0) is 27.0 Å². The lowest BCUT2D eigenvalue weighted by molar-refractivity contribution is -0.141. The van der Waals surface area contributed by atoms with Gasteiger partial charge in [0.05, 0.1) is 18.4 Å². The van der Waals surface area contributed by atoms with E-state index in [-0.39, 0.29) is 23.7 Å². The van der Waals surface area contributed by atoms with Crippen molar-refractivity contribution in [2.45, 2.75) is 31.2 Å². The Kier molecular flexibility index (Phi) is 3.35. The molecule has 0 unspecified atom stereocenters. The molecule has 0 saturated carbocycles. The molecule has 3 aromatic carbocycles. The average molecular weight is 393 g/mol. The van der Waals surface area contributed by atoms with E-state index >= 15 is 0 Å². The van der Waals surface area contributed by atoms with Gasteiger partial charge >= 0.3 is 0 Å². The number of rotatable bonds is 2. The maximum absolute atomic E-state index is 13.8. The largest absolute Gasteiger partial charge is 0.278 e. The standard InChI is InChI=1S/C27H23NO2/c1-26-18-12-6-8-14-20(18)27(2,21-15-9-7-13-19(21)26)23-22(26)24(29)28(25(23)30)16-17-10-4-3-5-11-17/h3-15,22-23H,16H2,1-2H3/t22-,23+,26?,27?. The molecule has 3 heteroatoms. The average Bonchev–Trinajstić information content (AvgIpc) is 3.04. The van der Waals surface area contributed by atoms with Gasteiger partial charge in [0.2, 0.25) is 11.8 Å². The van der Waals surface area contributed by atoms with Gasteiger partial charge in [0.1, 0.15) is 0 Å². The lowest BCUT2D eigenvalue weighted by Crippen LogP contribution is -2.59. The Balaban J connectivity index is 1.59. The summed E-state index contributed by atoms with van der Waals surface area (Å²) in [4.78, 5) is 29.1. The van der Waals surface area contributed by atoms with E-state index in [0.29, 0.717) is 6.54 Å². The molecule has 0 radical (unpaired) electrons. The Morgan fingerprint density at radius 2 is 1.00 bits per heavy atom. The minimum atomic E-state index is -0.506. The minimum Gasteiger partial charge on any atom is -0.278 e. The maximum Gasteiger partial charge on any atom is 0.234 e. The van der Waals surface area contributed by atoms with E-state index in [0.717, 1.165) is 5.56 Å². The zero-order chi connectivity index (χ0) is 20.7. The van der Waals surface area contributed by atoms with Crippen LogP contribution in [0.4, 0.5) is 0 Å². The number of imide groups is 1. The Labute approximate surface area is 176 Å². The molecule has 1 aliphatic heterocycles. The van der Waals surface area contributed by atoms with E-state index in [4.69, 9.17) is 0 Å². The van der Waals surface area contributed by atoms with E-state index in [1.165, 1.54) is 27.2 Å². The van der Waals surface area contributed by atoms with Crippen LogP contribution < -0.4 is 0 Å². The lowest BCUT2D eigenvalue weighted by Gasteiger charge is -2.57. The van der Waals surface area contributed by atoms with E-state index in [1.807, 2.05) is 30.3 Å². The van der Waals surface area contributed by atoms with Gasteiger partial charge in [0, 0.05) is 10.8 Å². The van der Waals surface area contributed by atoms with Crippen LogP contribution in [0.1, 0.15) is 41.7 Å². The highest BCUT2D eigenvalue weighted by Gasteiger charge is 2.70. The van der Waals surface area contributed by atoms with Crippen molar-refractivity contribution in [3.05, 3.63) is 107 Å². The number of likely N-dealkylation sites (tertiary alicyclic amines) is 1. The highest BCUT2D eigenvalue weighted by atomic mass is 16.2. The summed E-state index contributed by atoms with van der Waals surface area (Å²) in [6.45, 7) is 4.67. The monoisotopic (exact) mass is 393 g/mol. The van der Waals surface area contributed by atoms with Crippen molar-refractivity contribution in [1.82, 2.24) is 4.90 Å². The molecule has 4 aliphatic rings. The van der Waals surface area contributed by atoms with Crippen LogP contribution in [-0.4, -0.2) is 16.7 Å². The number of benzene rings is 3. The number of hydrogen-bond donors (Lipinski definition) is 0. The molecule has 0 spiro atoms. The molecule has 2 amide bonds. The third-order valence-corrected chi connectivity index (χ3v) is 7.92. The fourth-order valence-electron chi connectivity index (χ4n) is 6.55. The number of carbonyl (C=O) groups is 2. The topological polar surface area (TPSA) is 37.4 Å². The Hall–Kier alpha value is -3.20. The van der Waals surface area contributed by atoms with Crippen LogP contribution in [0, 0.1) is 11.8 Å². The van der Waals surface area contributed by atoms with Crippen molar-refractivity contribution in [2.75, 3.05) is 0 Å². The Morgan fingerprint density at radius 3 is 1.40 bits per heavy atom. The van der Waals surface area contributed by atoms with Crippen molar-refractivity contribution < 1.29 is 9.59 Å². The molecule has 3 nitrogen and oxygen atoms in total. The molecule has 3 aliphatic carbocycles. The predicted octanol–water partition coefficient (Wildman–Crippen LogP) is 4.43. The summed E-state index contributed by atoms with van der Waals surface area (Å²) in [5.41, 5.74) is 4.73. The van der Waals surface area contributed by atoms with Crippen molar-refractivity contribution in [1.29, 1.82) is 0 Å². The van der Waals surface area contributed by atoms with Gasteiger partial charge in [-0.15, -0.1) is 0 Å². The molecule has 3 aromatic rings. The van der Waals surface area contributed by atoms with Crippen molar-refractivity contribution in [3.63, 3.8) is 0 Å². The van der Waals surface area contributed by atoms with E-state index in [1.54, 1.807) is 0 Å². The van der Waals surface area contributed by atoms with Gasteiger partial charge in [-0.3, -0.25) is 14.5 Å². The molecular weight excluding hydrogens is 370 g/mol. The summed E-state index contributed by atoms with van der Waals surface area (Å²) in [5.74, 6) is -0.815. The van der Waals surface area contributed by atoms with Crippen LogP contribution in [0.3, 0.4) is 0 Å². The summed E-state index contributed by atoms with van der Waals surface area (Å²) < 4.78 is 0. The normalized spacial score (nSPS) is 30.8. The van der Waals surface area contributed by atoms with Crippen molar-refractivity contribution in [3.8, 4) is 0 Å². The molecule has 1 heterocycles. The first-order valence-electron chi connectivity index (χ1n) is 10.6. The Morgan fingerprint density at radius 1 is 0.633 bits per heavy atom. The van der Waals surface area contributed by atoms with Gasteiger partial charge < -0.3 is 0 Å². The molecule has 0 aromatic heterocycles. The second kappa shape index (κ2) is 5.69. The zero-order valence-electron chi connectivity index (χ0n) is 17.1. The fraction of sp³-hybridized carbons (Fsp3) is 0.259. The summed E-state index contributed by atoms with van der Waals surface area (Å²) in [6, 6.07) is 26.6.